The van der Waals surface area contributed by atoms with Crippen LogP contribution in [0.5, 0.6) is 0 Å². The highest BCUT2D eigenvalue weighted by Gasteiger charge is 2.76. The highest BCUT2D eigenvalue weighted by Crippen LogP contribution is 2.68. The van der Waals surface area contributed by atoms with Crippen LogP contribution in [-0.4, -0.2) is 74.5 Å². The number of fused-ring (bicyclic) bond motifs is 2. The quantitative estimate of drug-likeness (QED) is 0.127. The first-order valence-corrected chi connectivity index (χ1v) is 16.9. The Bertz CT molecular complexity index is 1400. The molecule has 0 aromatic heterocycles. The van der Waals surface area contributed by atoms with E-state index in [2.05, 4.69) is 29.1 Å². The lowest BCUT2D eigenvalue weighted by Gasteiger charge is -2.40. The molecule has 3 aliphatic heterocycles. The molecule has 3 fully saturated rings. The largest absolute Gasteiger partial charge is 0.465 e. The first kappa shape index (κ1) is 31.8. The van der Waals surface area contributed by atoms with Crippen molar-refractivity contribution in [1.82, 2.24) is 4.90 Å². The van der Waals surface area contributed by atoms with Gasteiger partial charge >= 0.3 is 5.97 Å². The van der Waals surface area contributed by atoms with Crippen LogP contribution in [0.1, 0.15) is 39.5 Å². The van der Waals surface area contributed by atoms with Crippen LogP contribution >= 0.6 is 27.7 Å². The Labute approximate surface area is 266 Å². The number of amides is 2. The SMILES string of the molecule is C=CCCCOC(=O)[C@H]1[C@H]2C(=O)N([C@@H](CO)CC(C)C)C(C(=O)N(CC=C)c3ccc4ccccc4c3)C23CC(Br)[C@@H]1S3. The van der Waals surface area contributed by atoms with Crippen LogP contribution in [0.3, 0.4) is 0 Å². The number of carbonyl (C=O) groups excluding carboxylic acids is 3. The number of carbonyl (C=O) groups is 3. The van der Waals surface area contributed by atoms with E-state index in [1.54, 1.807) is 33.7 Å². The highest BCUT2D eigenvalue weighted by molar-refractivity contribution is 9.09. The number of aliphatic hydroxyl groups excluding tert-OH is 1. The van der Waals surface area contributed by atoms with Crippen molar-refractivity contribution in [3.8, 4) is 0 Å². The number of esters is 1. The molecule has 0 aliphatic carbocycles. The zero-order valence-electron chi connectivity index (χ0n) is 24.9. The topological polar surface area (TPSA) is 87.1 Å². The zero-order chi connectivity index (χ0) is 30.9. The molecule has 3 saturated heterocycles. The number of unbranched alkanes of at least 4 members (excludes halogenated alkanes) is 1. The van der Waals surface area contributed by atoms with Gasteiger partial charge in [-0.15, -0.1) is 24.9 Å². The Kier molecular flexibility index (Phi) is 9.73. The van der Waals surface area contributed by atoms with Gasteiger partial charge in [-0.1, -0.05) is 72.3 Å². The lowest BCUT2D eigenvalue weighted by atomic mass is 9.71. The molecule has 2 amide bonds. The van der Waals surface area contributed by atoms with Crippen molar-refractivity contribution in [2.75, 3.05) is 24.7 Å². The number of halogens is 1. The van der Waals surface area contributed by atoms with Gasteiger partial charge in [0.05, 0.1) is 35.8 Å². The minimum Gasteiger partial charge on any atom is -0.465 e. The third-order valence-electron chi connectivity index (χ3n) is 9.00. The van der Waals surface area contributed by atoms with Gasteiger partial charge in [-0.3, -0.25) is 14.4 Å². The molecule has 230 valence electrons. The molecule has 7 nitrogen and oxygen atoms in total. The van der Waals surface area contributed by atoms with Gasteiger partial charge < -0.3 is 19.6 Å². The number of ether oxygens (including phenoxy) is 1. The lowest BCUT2D eigenvalue weighted by Crippen LogP contribution is -2.58. The monoisotopic (exact) mass is 668 g/mol. The normalized spacial score (nSPS) is 28.3. The van der Waals surface area contributed by atoms with Crippen LogP contribution in [0.15, 0.2) is 67.8 Å². The zero-order valence-corrected chi connectivity index (χ0v) is 27.3. The second kappa shape index (κ2) is 13.2. The van der Waals surface area contributed by atoms with Crippen molar-refractivity contribution >= 4 is 61.9 Å². The first-order chi connectivity index (χ1) is 20.7. The predicted molar refractivity (Wildman–Crippen MR) is 176 cm³/mol. The van der Waals surface area contributed by atoms with Crippen LogP contribution < -0.4 is 4.90 Å². The molecule has 2 bridgehead atoms. The van der Waals surface area contributed by atoms with Gasteiger partial charge in [0.1, 0.15) is 6.04 Å². The van der Waals surface area contributed by atoms with Crippen LogP contribution in [0.4, 0.5) is 5.69 Å². The second-order valence-electron chi connectivity index (χ2n) is 12.2. The minimum atomic E-state index is -0.860. The highest BCUT2D eigenvalue weighted by atomic mass is 79.9. The molecule has 2 aromatic rings. The van der Waals surface area contributed by atoms with Gasteiger partial charge in [-0.2, -0.15) is 0 Å². The van der Waals surface area contributed by atoms with E-state index in [1.165, 1.54) is 0 Å². The number of nitrogens with zero attached hydrogens (tertiary/aromatic N) is 2. The number of hydrogen-bond donors (Lipinski definition) is 1. The Balaban J connectivity index is 1.58. The van der Waals surface area contributed by atoms with E-state index in [-0.39, 0.29) is 53.5 Å². The molecule has 3 aliphatic rings. The molecule has 7 atom stereocenters. The average molecular weight is 670 g/mol. The van der Waals surface area contributed by atoms with Crippen molar-refractivity contribution in [2.24, 2.45) is 17.8 Å². The maximum absolute atomic E-state index is 14.9. The summed E-state index contributed by atoms with van der Waals surface area (Å²) >= 11 is 5.40. The number of rotatable bonds is 13. The molecule has 3 unspecified atom stereocenters. The van der Waals surface area contributed by atoms with E-state index in [1.807, 2.05) is 56.3 Å². The maximum Gasteiger partial charge on any atom is 0.310 e. The number of allylic oxidation sites excluding steroid dienone is 1. The standard InChI is InChI=1S/C34H41BrN2O5S/c1-5-7-10-16-42-33(41)27-28-31(39)37(25(20-38)17-21(3)4)30(34(28)19-26(35)29(27)43-34)32(40)36(15-6-2)24-14-13-22-11-8-9-12-23(22)18-24/h5-6,8-9,11-14,18,21,25-30,38H,1-2,7,10,15-17,19-20H2,3-4H3/t25-,26?,27+,28+,29+,30?,34?/m1/s1. The predicted octanol–water partition coefficient (Wildman–Crippen LogP) is 5.74. The fourth-order valence-corrected chi connectivity index (χ4v) is 10.9. The van der Waals surface area contributed by atoms with E-state index in [0.717, 1.165) is 17.2 Å². The van der Waals surface area contributed by atoms with Crippen LogP contribution in [0.25, 0.3) is 10.8 Å². The molecule has 1 N–H and O–H groups in total. The van der Waals surface area contributed by atoms with Crippen LogP contribution in [0.2, 0.25) is 0 Å². The van der Waals surface area contributed by atoms with Crippen molar-refractivity contribution in [1.29, 1.82) is 0 Å². The van der Waals surface area contributed by atoms with Gasteiger partial charge in [0.15, 0.2) is 0 Å². The van der Waals surface area contributed by atoms with Crippen LogP contribution in [0, 0.1) is 17.8 Å². The number of aliphatic hydroxyl groups is 1. The third kappa shape index (κ3) is 5.69. The van der Waals surface area contributed by atoms with Gasteiger partial charge in [-0.05, 0) is 54.5 Å². The summed E-state index contributed by atoms with van der Waals surface area (Å²) in [5.41, 5.74) is 0.714. The van der Waals surface area contributed by atoms with Gasteiger partial charge in [0.25, 0.3) is 5.91 Å². The fraction of sp³-hybridized carbons (Fsp3) is 0.500. The minimum absolute atomic E-state index is 0.0614. The van der Waals surface area contributed by atoms with E-state index in [4.69, 9.17) is 4.74 Å². The molecule has 1 spiro atoms. The Morgan fingerprint density at radius 3 is 2.63 bits per heavy atom. The van der Waals surface area contributed by atoms with E-state index in [9.17, 15) is 19.5 Å². The maximum atomic E-state index is 14.9. The number of likely N-dealkylation sites (tertiary alicyclic amines) is 1. The Morgan fingerprint density at radius 2 is 1.95 bits per heavy atom. The molecular weight excluding hydrogens is 628 g/mol. The third-order valence-corrected chi connectivity index (χ3v) is 12.2. The second-order valence-corrected chi connectivity index (χ2v) is 15.0. The molecule has 0 radical (unpaired) electrons. The van der Waals surface area contributed by atoms with Gasteiger partial charge in [0.2, 0.25) is 5.91 Å². The first-order valence-electron chi connectivity index (χ1n) is 15.1. The summed E-state index contributed by atoms with van der Waals surface area (Å²) in [6.45, 7) is 12.0. The van der Waals surface area contributed by atoms with E-state index >= 15 is 0 Å². The van der Waals surface area contributed by atoms with Crippen molar-refractivity contribution in [3.05, 3.63) is 67.8 Å². The Hall–Kier alpha value is -2.62. The van der Waals surface area contributed by atoms with Crippen molar-refractivity contribution in [3.63, 3.8) is 0 Å². The summed E-state index contributed by atoms with van der Waals surface area (Å²) in [5.74, 6) is -2.05. The number of anilines is 1. The van der Waals surface area contributed by atoms with E-state index in [0.29, 0.717) is 24.9 Å². The van der Waals surface area contributed by atoms with Gasteiger partial charge in [0, 0.05) is 22.3 Å². The molecule has 43 heavy (non-hydrogen) atoms. The molecule has 2 aromatic carbocycles. The molecule has 3 heterocycles. The number of alkyl halides is 1. The van der Waals surface area contributed by atoms with Crippen molar-refractivity contribution in [2.45, 2.75) is 66.4 Å². The molecular formula is C34H41BrN2O5S. The lowest BCUT2D eigenvalue weighted by molar-refractivity contribution is -0.154. The number of thioether (sulfide) groups is 1. The summed E-state index contributed by atoms with van der Waals surface area (Å²) in [4.78, 5) is 46.3. The average Bonchev–Trinajstić information content (AvgIpc) is 3.59. The van der Waals surface area contributed by atoms with Crippen molar-refractivity contribution < 1.29 is 24.2 Å². The molecule has 5 rings (SSSR count). The van der Waals surface area contributed by atoms with Gasteiger partial charge in [-0.25, -0.2) is 0 Å². The summed E-state index contributed by atoms with van der Waals surface area (Å²) in [7, 11) is 0. The Morgan fingerprint density at radius 1 is 1.21 bits per heavy atom. The number of hydrogen-bond acceptors (Lipinski definition) is 6. The summed E-state index contributed by atoms with van der Waals surface area (Å²) < 4.78 is 4.88. The smallest absolute Gasteiger partial charge is 0.310 e. The summed E-state index contributed by atoms with van der Waals surface area (Å²) in [5, 5.41) is 12.5. The summed E-state index contributed by atoms with van der Waals surface area (Å²) in [6.07, 6.45) is 5.97. The van der Waals surface area contributed by atoms with Crippen LogP contribution in [-0.2, 0) is 19.1 Å². The number of benzene rings is 2. The molecule has 0 saturated carbocycles. The van der Waals surface area contributed by atoms with E-state index < -0.39 is 28.7 Å². The molecule has 9 heteroatoms. The summed E-state index contributed by atoms with van der Waals surface area (Å²) in [6, 6.07) is 12.5. The fourth-order valence-electron chi connectivity index (χ4n) is 7.27.